The maximum absolute atomic E-state index is 13.6. The lowest BCUT2D eigenvalue weighted by Crippen LogP contribution is -2.25. The molecule has 24 heavy (non-hydrogen) atoms. The third-order valence-electron chi connectivity index (χ3n) is 3.50. The molecule has 0 fully saturated rings. The van der Waals surface area contributed by atoms with Gasteiger partial charge in [-0.05, 0) is 42.8 Å². The topological polar surface area (TPSA) is 66.5 Å². The van der Waals surface area contributed by atoms with Crippen LogP contribution in [0.25, 0.3) is 0 Å². The Hall–Kier alpha value is -2.48. The molecule has 0 aliphatic rings. The summed E-state index contributed by atoms with van der Waals surface area (Å²) in [5.41, 5.74) is 0.564. The van der Waals surface area contributed by atoms with E-state index in [2.05, 4.69) is 5.32 Å². The molecule has 2 aromatic rings. The van der Waals surface area contributed by atoms with Crippen molar-refractivity contribution in [3.05, 3.63) is 59.2 Å². The number of rotatable bonds is 4. The first-order chi connectivity index (χ1) is 11.1. The Morgan fingerprint density at radius 1 is 1.12 bits per heavy atom. The fourth-order valence-electron chi connectivity index (χ4n) is 2.13. The highest BCUT2D eigenvalue weighted by molar-refractivity contribution is 7.92. The van der Waals surface area contributed by atoms with Gasteiger partial charge in [0.05, 0.1) is 11.9 Å². The number of benzene rings is 2. The molecule has 8 heteroatoms. The number of nitrogens with one attached hydrogen (secondary N) is 1. The summed E-state index contributed by atoms with van der Waals surface area (Å²) in [6, 6.07) is 7.56. The number of halogens is 2. The van der Waals surface area contributed by atoms with Crippen LogP contribution in [0.4, 0.5) is 20.2 Å². The van der Waals surface area contributed by atoms with Crippen LogP contribution >= 0.6 is 0 Å². The summed E-state index contributed by atoms with van der Waals surface area (Å²) in [4.78, 5) is 12.2. The minimum atomic E-state index is -3.44. The molecule has 0 unspecified atom stereocenters. The predicted molar refractivity (Wildman–Crippen MR) is 88.7 cm³/mol. The van der Waals surface area contributed by atoms with Crippen molar-refractivity contribution >= 4 is 27.3 Å². The standard InChI is InChI=1S/C16H16F2N2O3S/c1-10-9-11(7-8-14(10)20(2)24(3,22)23)16(21)19-15-12(17)5-4-6-13(15)18/h4-9H,1-3H3,(H,19,21). The first-order valence-electron chi connectivity index (χ1n) is 6.91. The number of nitrogens with zero attached hydrogens (tertiary/aromatic N) is 1. The first-order valence-corrected chi connectivity index (χ1v) is 8.76. The van der Waals surface area contributed by atoms with E-state index in [0.717, 1.165) is 22.7 Å². The van der Waals surface area contributed by atoms with E-state index in [4.69, 9.17) is 0 Å². The number of carbonyl (C=O) groups is 1. The van der Waals surface area contributed by atoms with Crippen molar-refractivity contribution in [3.8, 4) is 0 Å². The van der Waals surface area contributed by atoms with Crippen molar-refractivity contribution in [3.63, 3.8) is 0 Å². The molecule has 1 N–H and O–H groups in total. The number of carbonyl (C=O) groups excluding carboxylic acids is 1. The van der Waals surface area contributed by atoms with E-state index in [1.165, 1.54) is 31.3 Å². The monoisotopic (exact) mass is 354 g/mol. The second-order valence-corrected chi connectivity index (χ2v) is 7.30. The number of para-hydroxylation sites is 1. The summed E-state index contributed by atoms with van der Waals surface area (Å²) in [6.07, 6.45) is 1.06. The molecular weight excluding hydrogens is 338 g/mol. The summed E-state index contributed by atoms with van der Waals surface area (Å²) in [7, 11) is -2.04. The van der Waals surface area contributed by atoms with E-state index in [0.29, 0.717) is 11.3 Å². The highest BCUT2D eigenvalue weighted by atomic mass is 32.2. The quantitative estimate of drug-likeness (QED) is 0.918. The molecule has 0 radical (unpaired) electrons. The summed E-state index contributed by atoms with van der Waals surface area (Å²) in [6.45, 7) is 1.64. The summed E-state index contributed by atoms with van der Waals surface area (Å²) in [5, 5.41) is 2.18. The number of amides is 1. The third-order valence-corrected chi connectivity index (χ3v) is 4.69. The molecule has 2 aromatic carbocycles. The van der Waals surface area contributed by atoms with Gasteiger partial charge < -0.3 is 5.32 Å². The van der Waals surface area contributed by atoms with Crippen LogP contribution < -0.4 is 9.62 Å². The lowest BCUT2D eigenvalue weighted by Gasteiger charge is -2.19. The van der Waals surface area contributed by atoms with E-state index in [1.807, 2.05) is 0 Å². The summed E-state index contributed by atoms with van der Waals surface area (Å²) < 4.78 is 51.4. The van der Waals surface area contributed by atoms with E-state index < -0.39 is 33.3 Å². The van der Waals surface area contributed by atoms with Crippen LogP contribution in [0, 0.1) is 18.6 Å². The number of aryl methyl sites for hydroxylation is 1. The van der Waals surface area contributed by atoms with Gasteiger partial charge >= 0.3 is 0 Å². The van der Waals surface area contributed by atoms with E-state index in [-0.39, 0.29) is 5.56 Å². The van der Waals surface area contributed by atoms with Crippen LogP contribution in [0.1, 0.15) is 15.9 Å². The average molecular weight is 354 g/mol. The van der Waals surface area contributed by atoms with Crippen molar-refractivity contribution in [1.82, 2.24) is 0 Å². The molecule has 0 heterocycles. The fourth-order valence-corrected chi connectivity index (χ4v) is 2.69. The Kier molecular flexibility index (Phi) is 4.88. The molecule has 5 nitrogen and oxygen atoms in total. The lowest BCUT2D eigenvalue weighted by molar-refractivity contribution is 0.102. The normalized spacial score (nSPS) is 11.2. The Labute approximate surface area is 139 Å². The highest BCUT2D eigenvalue weighted by Gasteiger charge is 2.17. The van der Waals surface area contributed by atoms with Gasteiger partial charge in [0.2, 0.25) is 10.0 Å². The van der Waals surface area contributed by atoms with Crippen LogP contribution in [0.2, 0.25) is 0 Å². The minimum Gasteiger partial charge on any atom is -0.317 e. The van der Waals surface area contributed by atoms with Crippen molar-refractivity contribution in [2.24, 2.45) is 0 Å². The van der Waals surface area contributed by atoms with E-state index in [9.17, 15) is 22.0 Å². The van der Waals surface area contributed by atoms with Gasteiger partial charge in [-0.2, -0.15) is 0 Å². The van der Waals surface area contributed by atoms with Gasteiger partial charge in [-0.1, -0.05) is 6.07 Å². The molecule has 0 saturated heterocycles. The molecule has 1 amide bonds. The highest BCUT2D eigenvalue weighted by Crippen LogP contribution is 2.24. The van der Waals surface area contributed by atoms with Gasteiger partial charge in [-0.3, -0.25) is 9.10 Å². The minimum absolute atomic E-state index is 0.154. The van der Waals surface area contributed by atoms with Crippen LogP contribution in [0.5, 0.6) is 0 Å². The van der Waals surface area contributed by atoms with Gasteiger partial charge in [-0.15, -0.1) is 0 Å². The maximum Gasteiger partial charge on any atom is 0.255 e. The Morgan fingerprint density at radius 2 is 1.71 bits per heavy atom. The molecule has 0 aromatic heterocycles. The molecule has 2 rings (SSSR count). The second-order valence-electron chi connectivity index (χ2n) is 5.28. The maximum atomic E-state index is 13.6. The van der Waals surface area contributed by atoms with Gasteiger partial charge in [0.15, 0.2) is 0 Å². The number of hydrogen-bond donors (Lipinski definition) is 1. The predicted octanol–water partition coefficient (Wildman–Crippen LogP) is 2.92. The molecular formula is C16H16F2N2O3S. The van der Waals surface area contributed by atoms with Crippen molar-refractivity contribution in [1.29, 1.82) is 0 Å². The molecule has 0 atom stereocenters. The van der Waals surface area contributed by atoms with Crippen LogP contribution in [-0.2, 0) is 10.0 Å². The first kappa shape index (κ1) is 17.9. The van der Waals surface area contributed by atoms with Gasteiger partial charge in [0.25, 0.3) is 5.91 Å². The molecule has 0 bridgehead atoms. The van der Waals surface area contributed by atoms with Crippen LogP contribution in [-0.4, -0.2) is 27.6 Å². The van der Waals surface area contributed by atoms with E-state index in [1.54, 1.807) is 6.92 Å². The summed E-state index contributed by atoms with van der Waals surface area (Å²) >= 11 is 0. The van der Waals surface area contributed by atoms with Gasteiger partial charge in [0.1, 0.15) is 17.3 Å². The van der Waals surface area contributed by atoms with Gasteiger partial charge in [-0.25, -0.2) is 17.2 Å². The van der Waals surface area contributed by atoms with Crippen molar-refractivity contribution in [2.75, 3.05) is 22.9 Å². The number of sulfonamides is 1. The third kappa shape index (κ3) is 3.70. The molecule has 128 valence electrons. The van der Waals surface area contributed by atoms with E-state index >= 15 is 0 Å². The smallest absolute Gasteiger partial charge is 0.255 e. The van der Waals surface area contributed by atoms with Crippen molar-refractivity contribution < 1.29 is 22.0 Å². The molecule has 0 saturated carbocycles. The zero-order valence-electron chi connectivity index (χ0n) is 13.3. The van der Waals surface area contributed by atoms with Crippen LogP contribution in [0.15, 0.2) is 36.4 Å². The second kappa shape index (κ2) is 6.56. The number of anilines is 2. The fraction of sp³-hybridized carbons (Fsp3) is 0.188. The molecule has 0 aliphatic heterocycles. The summed E-state index contributed by atoms with van der Waals surface area (Å²) in [5.74, 6) is -2.46. The SMILES string of the molecule is Cc1cc(C(=O)Nc2c(F)cccc2F)ccc1N(C)S(C)(=O)=O. The number of hydrogen-bond acceptors (Lipinski definition) is 3. The van der Waals surface area contributed by atoms with Gasteiger partial charge in [0, 0.05) is 12.6 Å². The Bertz CT molecular complexity index is 878. The van der Waals surface area contributed by atoms with Crippen molar-refractivity contribution in [2.45, 2.75) is 6.92 Å². The Morgan fingerprint density at radius 3 is 2.21 bits per heavy atom. The zero-order valence-corrected chi connectivity index (χ0v) is 14.1. The zero-order chi connectivity index (χ0) is 18.1. The Balaban J connectivity index is 2.30. The molecule has 0 aliphatic carbocycles. The van der Waals surface area contributed by atoms with Crippen LogP contribution in [0.3, 0.4) is 0 Å². The average Bonchev–Trinajstić information content (AvgIpc) is 2.49. The lowest BCUT2D eigenvalue weighted by atomic mass is 10.1. The largest absolute Gasteiger partial charge is 0.317 e. The molecule has 0 spiro atoms.